The fraction of sp³-hybridized carbons (Fsp3) is 0.765. The second-order valence-corrected chi connectivity index (χ2v) is 17.8. The van der Waals surface area contributed by atoms with Gasteiger partial charge in [-0.15, -0.1) is 0 Å². The number of ether oxygens (including phenoxy) is 3. The molecular formula is C34H51N5O7S2. The molecule has 4 bridgehead atoms. The first-order valence-electron chi connectivity index (χ1n) is 17.9. The van der Waals surface area contributed by atoms with Crippen LogP contribution in [0.3, 0.4) is 0 Å². The van der Waals surface area contributed by atoms with Crippen LogP contribution in [0.25, 0.3) is 10.2 Å². The van der Waals surface area contributed by atoms with E-state index in [1.807, 2.05) is 13.8 Å². The zero-order chi connectivity index (χ0) is 33.4. The highest BCUT2D eigenvalue weighted by Gasteiger charge is 2.50. The lowest BCUT2D eigenvalue weighted by molar-refractivity contribution is -0.139. The van der Waals surface area contributed by atoms with Crippen molar-refractivity contribution in [2.75, 3.05) is 44.6 Å². The van der Waals surface area contributed by atoms with Gasteiger partial charge in [-0.25, -0.2) is 18.2 Å². The van der Waals surface area contributed by atoms with Crippen LogP contribution in [0.15, 0.2) is 23.1 Å². The van der Waals surface area contributed by atoms with E-state index in [1.165, 1.54) is 41.3 Å². The van der Waals surface area contributed by atoms with Crippen LogP contribution in [-0.4, -0.2) is 110 Å². The molecule has 6 atom stereocenters. The molecule has 6 fully saturated rings. The van der Waals surface area contributed by atoms with Gasteiger partial charge in [0, 0.05) is 56.6 Å². The van der Waals surface area contributed by atoms with E-state index in [2.05, 4.69) is 15.5 Å². The first kappa shape index (κ1) is 34.4. The summed E-state index contributed by atoms with van der Waals surface area (Å²) < 4.78 is 47.6. The van der Waals surface area contributed by atoms with Crippen LogP contribution >= 0.6 is 11.3 Å². The van der Waals surface area contributed by atoms with E-state index in [4.69, 9.17) is 19.2 Å². The molecule has 266 valence electrons. The Bertz CT molecular complexity index is 1510. The summed E-state index contributed by atoms with van der Waals surface area (Å²) in [6.07, 6.45) is 7.69. The van der Waals surface area contributed by atoms with E-state index in [-0.39, 0.29) is 48.8 Å². The van der Waals surface area contributed by atoms with Gasteiger partial charge in [0.05, 0.1) is 33.9 Å². The number of benzene rings is 1. The van der Waals surface area contributed by atoms with E-state index in [9.17, 15) is 18.3 Å². The number of hydrogen-bond acceptors (Lipinski definition) is 11. The molecule has 2 aliphatic carbocycles. The fourth-order valence-corrected chi connectivity index (χ4v) is 11.1. The number of amides is 1. The van der Waals surface area contributed by atoms with Crippen molar-refractivity contribution in [1.29, 1.82) is 0 Å². The summed E-state index contributed by atoms with van der Waals surface area (Å²) in [4.78, 5) is 20.4. The quantitative estimate of drug-likeness (QED) is 0.291. The molecule has 1 aromatic carbocycles. The summed E-state index contributed by atoms with van der Waals surface area (Å²) in [7, 11) is -3.94. The zero-order valence-electron chi connectivity index (χ0n) is 28.1. The number of likely N-dealkylation sites (tertiary alicyclic amines) is 1. The summed E-state index contributed by atoms with van der Waals surface area (Å²) in [6.45, 7) is 6.51. The molecule has 1 aromatic heterocycles. The van der Waals surface area contributed by atoms with Crippen LogP contribution in [0.1, 0.15) is 71.6 Å². The summed E-state index contributed by atoms with van der Waals surface area (Å²) in [5, 5.41) is 18.0. The Labute approximate surface area is 287 Å². The summed E-state index contributed by atoms with van der Waals surface area (Å²) in [5.74, 6) is 0.449. The Hall–Kier alpha value is -2.07. The Kier molecular flexibility index (Phi) is 10.5. The molecule has 5 heterocycles. The van der Waals surface area contributed by atoms with Crippen LogP contribution in [0.2, 0.25) is 0 Å². The number of hydrogen-bond donors (Lipinski definition) is 3. The lowest BCUT2D eigenvalue weighted by Gasteiger charge is -2.36. The summed E-state index contributed by atoms with van der Waals surface area (Å²) in [6, 6.07) is 6.15. The summed E-state index contributed by atoms with van der Waals surface area (Å²) in [5.41, 5.74) is 0.759. The third-order valence-electron chi connectivity index (χ3n) is 10.8. The number of fused-ring (bicyclic) bond motifs is 3. The number of rotatable bonds is 12. The van der Waals surface area contributed by atoms with Gasteiger partial charge in [0.15, 0.2) is 11.4 Å². The third kappa shape index (κ3) is 7.64. The number of nitrogens with zero attached hydrogens (tertiary/aromatic N) is 3. The van der Waals surface area contributed by atoms with Crippen LogP contribution in [0.5, 0.6) is 0 Å². The maximum absolute atomic E-state index is 13.9. The molecular weight excluding hydrogens is 655 g/mol. The van der Waals surface area contributed by atoms with Crippen LogP contribution in [-0.2, 0) is 24.2 Å². The predicted molar refractivity (Wildman–Crippen MR) is 183 cm³/mol. The number of aromatic nitrogens is 1. The molecule has 4 saturated heterocycles. The molecule has 6 aliphatic rings. The largest absolute Gasteiger partial charge is 0.443 e. The van der Waals surface area contributed by atoms with Crippen molar-refractivity contribution in [1.82, 2.24) is 19.5 Å². The second kappa shape index (κ2) is 14.7. The molecule has 0 radical (unpaired) electrons. The van der Waals surface area contributed by atoms with Gasteiger partial charge in [-0.3, -0.25) is 0 Å². The van der Waals surface area contributed by atoms with E-state index in [0.29, 0.717) is 18.6 Å². The minimum Gasteiger partial charge on any atom is -0.443 e. The Morgan fingerprint density at radius 1 is 1.12 bits per heavy atom. The Balaban J connectivity index is 0.947. The van der Waals surface area contributed by atoms with Gasteiger partial charge in [-0.2, -0.15) is 4.31 Å². The molecule has 0 spiro atoms. The number of anilines is 1. The third-order valence-corrected chi connectivity index (χ3v) is 13.6. The normalized spacial score (nSPS) is 29.1. The highest BCUT2D eigenvalue weighted by molar-refractivity contribution is 7.89. The lowest BCUT2D eigenvalue weighted by Crippen LogP contribution is -2.45. The summed E-state index contributed by atoms with van der Waals surface area (Å²) >= 11 is 1.48. The Morgan fingerprint density at radius 2 is 1.90 bits per heavy atom. The van der Waals surface area contributed by atoms with Gasteiger partial charge in [-0.05, 0) is 69.1 Å². The fourth-order valence-electron chi connectivity index (χ4n) is 8.33. The zero-order valence-corrected chi connectivity index (χ0v) is 29.7. The minimum absolute atomic E-state index is 0.0239. The number of sulfonamides is 1. The Morgan fingerprint density at radius 3 is 2.67 bits per heavy atom. The molecule has 8 rings (SSSR count). The number of aliphatic hydroxyl groups excluding tert-OH is 1. The van der Waals surface area contributed by atoms with Crippen LogP contribution in [0.4, 0.5) is 9.93 Å². The van der Waals surface area contributed by atoms with Gasteiger partial charge in [0.25, 0.3) is 0 Å². The highest BCUT2D eigenvalue weighted by Crippen LogP contribution is 2.44. The van der Waals surface area contributed by atoms with Gasteiger partial charge >= 0.3 is 6.09 Å². The highest BCUT2D eigenvalue weighted by atomic mass is 32.2. The number of aliphatic hydroxyl groups is 1. The topological polar surface area (TPSA) is 143 Å². The number of thiazole rings is 1. The SMILES string of the molecule is CC(C)CN(CC(O)CNC(=O)OC1C2CCC3CC1OC3OC2)S(=O)(=O)c1ccc2nc(NC3CCN(C4CCCC4)CC3)sc2c1. The monoisotopic (exact) mass is 705 g/mol. The van der Waals surface area contributed by atoms with Gasteiger partial charge in [0.2, 0.25) is 10.0 Å². The molecule has 3 N–H and O–H groups in total. The van der Waals surface area contributed by atoms with Crippen molar-refractivity contribution in [3.05, 3.63) is 18.2 Å². The van der Waals surface area contributed by atoms with Gasteiger partial charge in [-0.1, -0.05) is 38.0 Å². The first-order valence-corrected chi connectivity index (χ1v) is 20.2. The average Bonchev–Trinajstić information content (AvgIpc) is 3.75. The first-order chi connectivity index (χ1) is 23.1. The van der Waals surface area contributed by atoms with E-state index in [1.54, 1.807) is 18.2 Å². The van der Waals surface area contributed by atoms with E-state index < -0.39 is 28.3 Å². The lowest BCUT2D eigenvalue weighted by atomic mass is 9.96. The number of carbonyl (C=O) groups is 1. The van der Waals surface area contributed by atoms with E-state index in [0.717, 1.165) is 66.6 Å². The molecule has 2 saturated carbocycles. The number of alkyl carbamates (subject to hydrolysis) is 1. The van der Waals surface area contributed by atoms with Crippen LogP contribution in [0, 0.1) is 17.8 Å². The molecule has 12 nitrogen and oxygen atoms in total. The van der Waals surface area contributed by atoms with Crippen molar-refractivity contribution in [3.8, 4) is 0 Å². The maximum Gasteiger partial charge on any atom is 0.407 e. The molecule has 6 unspecified atom stereocenters. The molecule has 4 aliphatic heterocycles. The average molecular weight is 706 g/mol. The van der Waals surface area contributed by atoms with Gasteiger partial charge < -0.3 is 34.9 Å². The van der Waals surface area contributed by atoms with Crippen LogP contribution < -0.4 is 10.6 Å². The van der Waals surface area contributed by atoms with E-state index >= 15 is 0 Å². The van der Waals surface area contributed by atoms with Crippen molar-refractivity contribution < 1.29 is 32.5 Å². The second-order valence-electron chi connectivity index (χ2n) is 14.9. The number of piperidine rings is 1. The molecule has 14 heteroatoms. The number of nitrogens with one attached hydrogen (secondary N) is 2. The standard InChI is InChI=1S/C34H51N5O7S2/c1-21(2)18-39(19-26(40)17-35-34(41)46-31-23-8-7-22-15-29(31)45-32(22)44-20-23)48(42,43)27-9-10-28-30(16-27)47-33(37-28)36-24-11-13-38(14-12-24)25-5-3-4-6-25/h9-10,16,21-26,29,31-32,40H,3-8,11-15,17-20H2,1-2H3,(H,35,41)(H,36,37). The number of carbonyl (C=O) groups excluding carboxylic acids is 1. The van der Waals surface area contributed by atoms with Crippen molar-refractivity contribution in [2.24, 2.45) is 17.8 Å². The smallest absolute Gasteiger partial charge is 0.407 e. The minimum atomic E-state index is -3.94. The molecule has 1 amide bonds. The molecule has 2 aromatic rings. The molecule has 48 heavy (non-hydrogen) atoms. The maximum atomic E-state index is 13.9. The van der Waals surface area contributed by atoms with Gasteiger partial charge in [0.1, 0.15) is 6.10 Å². The predicted octanol–water partition coefficient (Wildman–Crippen LogP) is 4.39. The van der Waals surface area contributed by atoms with Crippen molar-refractivity contribution in [3.63, 3.8) is 0 Å². The van der Waals surface area contributed by atoms with Crippen molar-refractivity contribution in [2.45, 2.75) is 113 Å². The van der Waals surface area contributed by atoms with Crippen molar-refractivity contribution >= 4 is 42.8 Å².